The van der Waals surface area contributed by atoms with Gasteiger partial charge in [-0.3, -0.25) is 4.99 Å². The Kier molecular flexibility index (Phi) is 10.8. The van der Waals surface area contributed by atoms with Gasteiger partial charge in [0.15, 0.2) is 5.96 Å². The van der Waals surface area contributed by atoms with E-state index in [-0.39, 0.29) is 30.5 Å². The lowest BCUT2D eigenvalue weighted by Gasteiger charge is -2.28. The second kappa shape index (κ2) is 12.3. The van der Waals surface area contributed by atoms with Gasteiger partial charge in [0.25, 0.3) is 0 Å². The molecule has 0 saturated heterocycles. The van der Waals surface area contributed by atoms with Crippen LogP contribution in [-0.2, 0) is 0 Å². The average Bonchev–Trinajstić information content (AvgIpc) is 2.67. The number of rotatable bonds is 7. The van der Waals surface area contributed by atoms with Gasteiger partial charge in [-0.2, -0.15) is 0 Å². The van der Waals surface area contributed by atoms with Gasteiger partial charge in [-0.05, 0) is 56.7 Å². The third kappa shape index (κ3) is 7.37. The second-order valence-corrected chi connectivity index (χ2v) is 6.94. The molecule has 27 heavy (non-hydrogen) atoms. The topological polar surface area (TPSA) is 75.1 Å². The van der Waals surface area contributed by atoms with Gasteiger partial charge < -0.3 is 25.2 Å². The van der Waals surface area contributed by atoms with Gasteiger partial charge in [-0.1, -0.05) is 6.92 Å². The molecule has 6 nitrogen and oxygen atoms in total. The molecule has 1 fully saturated rings. The van der Waals surface area contributed by atoms with Gasteiger partial charge in [0, 0.05) is 18.2 Å². The number of ether oxygens (including phenoxy) is 2. The number of aliphatic hydroxyl groups excluding tert-OH is 1. The normalized spacial score (nSPS) is 21.0. The first-order valence-corrected chi connectivity index (χ1v) is 9.52. The maximum absolute atomic E-state index is 10.6. The molecule has 0 bridgehead atoms. The Morgan fingerprint density at radius 1 is 1.22 bits per heavy atom. The number of nitrogens with zero attached hydrogens (tertiary/aromatic N) is 1. The van der Waals surface area contributed by atoms with Crippen molar-refractivity contribution in [3.05, 3.63) is 23.8 Å². The van der Waals surface area contributed by atoms with E-state index in [4.69, 9.17) is 9.47 Å². The fourth-order valence-corrected chi connectivity index (χ4v) is 3.29. The van der Waals surface area contributed by atoms with Crippen LogP contribution in [0.15, 0.2) is 23.2 Å². The van der Waals surface area contributed by atoms with Crippen molar-refractivity contribution in [2.75, 3.05) is 27.3 Å². The highest BCUT2D eigenvalue weighted by atomic mass is 127. The zero-order chi connectivity index (χ0) is 18.9. The van der Waals surface area contributed by atoms with Crippen molar-refractivity contribution >= 4 is 29.9 Å². The third-order valence-electron chi connectivity index (χ3n) is 4.92. The largest absolute Gasteiger partial charge is 0.497 e. The number of aliphatic hydroxyl groups is 1. The van der Waals surface area contributed by atoms with Crippen LogP contribution in [0.2, 0.25) is 0 Å². The maximum atomic E-state index is 10.6. The summed E-state index contributed by atoms with van der Waals surface area (Å²) in [6.45, 7) is 5.39. The number of guanidine groups is 1. The predicted molar refractivity (Wildman–Crippen MR) is 120 cm³/mol. The Bertz CT molecular complexity index is 590. The fourth-order valence-electron chi connectivity index (χ4n) is 3.29. The zero-order valence-corrected chi connectivity index (χ0v) is 19.2. The molecular weight excluding hydrogens is 457 g/mol. The number of hydrogen-bond donors (Lipinski definition) is 3. The van der Waals surface area contributed by atoms with Crippen LogP contribution in [0, 0.1) is 5.92 Å². The molecule has 0 aliphatic heterocycles. The highest BCUT2D eigenvalue weighted by Gasteiger charge is 2.19. The summed E-state index contributed by atoms with van der Waals surface area (Å²) >= 11 is 0. The molecule has 0 spiro atoms. The molecule has 1 aromatic rings. The molecule has 2 rings (SSSR count). The van der Waals surface area contributed by atoms with Crippen LogP contribution in [-0.4, -0.2) is 44.4 Å². The molecular formula is C20H34IN3O3. The Balaban J connectivity index is 0.00000364. The standard InChI is InChI=1S/C20H33N3O3.HI/c1-5-21-20(23-15-8-6-14(2)7-9-15)22-13-18(24)17-12-16(25-3)10-11-19(17)26-4;/h10-12,14-15,18,24H,5-9,13H2,1-4H3,(H2,21,22,23);1H. The van der Waals surface area contributed by atoms with E-state index in [0.29, 0.717) is 23.1 Å². The van der Waals surface area contributed by atoms with Crippen molar-refractivity contribution in [1.82, 2.24) is 10.6 Å². The summed E-state index contributed by atoms with van der Waals surface area (Å²) in [6, 6.07) is 5.86. The van der Waals surface area contributed by atoms with Gasteiger partial charge >= 0.3 is 0 Å². The zero-order valence-electron chi connectivity index (χ0n) is 16.8. The van der Waals surface area contributed by atoms with E-state index < -0.39 is 6.10 Å². The van der Waals surface area contributed by atoms with E-state index in [1.165, 1.54) is 12.8 Å². The smallest absolute Gasteiger partial charge is 0.191 e. The minimum atomic E-state index is -0.762. The molecule has 1 aliphatic carbocycles. The summed E-state index contributed by atoms with van der Waals surface area (Å²) in [5.74, 6) is 2.89. The number of methoxy groups -OCH3 is 2. The van der Waals surface area contributed by atoms with Crippen LogP contribution in [0.4, 0.5) is 0 Å². The Labute approximate surface area is 180 Å². The van der Waals surface area contributed by atoms with Crippen LogP contribution in [0.25, 0.3) is 0 Å². The molecule has 154 valence electrons. The fraction of sp³-hybridized carbons (Fsp3) is 0.650. The van der Waals surface area contributed by atoms with E-state index in [2.05, 4.69) is 22.5 Å². The molecule has 1 saturated carbocycles. The molecule has 1 aromatic carbocycles. The minimum Gasteiger partial charge on any atom is -0.497 e. The van der Waals surface area contributed by atoms with Crippen LogP contribution in [0.3, 0.4) is 0 Å². The minimum absolute atomic E-state index is 0. The van der Waals surface area contributed by atoms with Gasteiger partial charge in [-0.15, -0.1) is 24.0 Å². The molecule has 1 atom stereocenters. The van der Waals surface area contributed by atoms with Crippen LogP contribution >= 0.6 is 24.0 Å². The second-order valence-electron chi connectivity index (χ2n) is 6.94. The first kappa shape index (κ1) is 23.8. The summed E-state index contributed by atoms with van der Waals surface area (Å²) in [5, 5.41) is 17.4. The lowest BCUT2D eigenvalue weighted by molar-refractivity contribution is 0.182. The van der Waals surface area contributed by atoms with Gasteiger partial charge in [-0.25, -0.2) is 0 Å². The molecule has 7 heteroatoms. The lowest BCUT2D eigenvalue weighted by Crippen LogP contribution is -2.45. The van der Waals surface area contributed by atoms with Crippen molar-refractivity contribution < 1.29 is 14.6 Å². The number of benzene rings is 1. The van der Waals surface area contributed by atoms with Crippen molar-refractivity contribution in [2.45, 2.75) is 51.7 Å². The van der Waals surface area contributed by atoms with E-state index >= 15 is 0 Å². The van der Waals surface area contributed by atoms with Gasteiger partial charge in [0.2, 0.25) is 0 Å². The predicted octanol–water partition coefficient (Wildman–Crippen LogP) is 3.49. The molecule has 0 aromatic heterocycles. The van der Waals surface area contributed by atoms with E-state index in [1.807, 2.05) is 13.0 Å². The quantitative estimate of drug-likeness (QED) is 0.310. The molecule has 3 N–H and O–H groups in total. The molecule has 1 unspecified atom stereocenters. The molecule has 1 aliphatic rings. The summed E-state index contributed by atoms with van der Waals surface area (Å²) in [5.41, 5.74) is 0.679. The SMILES string of the molecule is CCNC(=NCC(O)c1cc(OC)ccc1OC)NC1CCC(C)CC1.I. The molecule has 0 radical (unpaired) electrons. The van der Waals surface area contributed by atoms with Crippen molar-refractivity contribution in [3.63, 3.8) is 0 Å². The van der Waals surface area contributed by atoms with Crippen molar-refractivity contribution in [1.29, 1.82) is 0 Å². The van der Waals surface area contributed by atoms with E-state index in [9.17, 15) is 5.11 Å². The number of nitrogens with one attached hydrogen (secondary N) is 2. The number of hydrogen-bond acceptors (Lipinski definition) is 4. The first-order valence-electron chi connectivity index (χ1n) is 9.52. The van der Waals surface area contributed by atoms with Crippen LogP contribution < -0.4 is 20.1 Å². The first-order chi connectivity index (χ1) is 12.6. The van der Waals surface area contributed by atoms with Crippen molar-refractivity contribution in [3.8, 4) is 11.5 Å². The maximum Gasteiger partial charge on any atom is 0.191 e. The Morgan fingerprint density at radius 3 is 2.52 bits per heavy atom. The van der Waals surface area contributed by atoms with E-state index in [1.54, 1.807) is 26.4 Å². The lowest BCUT2D eigenvalue weighted by atomic mass is 9.87. The average molecular weight is 491 g/mol. The van der Waals surface area contributed by atoms with Crippen LogP contribution in [0.5, 0.6) is 11.5 Å². The Hall–Kier alpha value is -1.22. The Morgan fingerprint density at radius 2 is 1.93 bits per heavy atom. The summed E-state index contributed by atoms with van der Waals surface area (Å²) < 4.78 is 10.6. The van der Waals surface area contributed by atoms with Gasteiger partial charge in [0.05, 0.1) is 20.8 Å². The monoisotopic (exact) mass is 491 g/mol. The molecule has 0 amide bonds. The number of halogens is 1. The van der Waals surface area contributed by atoms with Gasteiger partial charge in [0.1, 0.15) is 17.6 Å². The van der Waals surface area contributed by atoms with Crippen LogP contribution in [0.1, 0.15) is 51.2 Å². The summed E-state index contributed by atoms with van der Waals surface area (Å²) in [7, 11) is 3.20. The van der Waals surface area contributed by atoms with Crippen molar-refractivity contribution in [2.24, 2.45) is 10.9 Å². The van der Waals surface area contributed by atoms with E-state index in [0.717, 1.165) is 31.3 Å². The summed E-state index contributed by atoms with van der Waals surface area (Å²) in [6.07, 6.45) is 4.07. The molecule has 0 heterocycles. The summed E-state index contributed by atoms with van der Waals surface area (Å²) in [4.78, 5) is 4.58. The highest BCUT2D eigenvalue weighted by molar-refractivity contribution is 14.0. The third-order valence-corrected chi connectivity index (χ3v) is 4.92. The number of aliphatic imine (C=N–C) groups is 1. The highest BCUT2D eigenvalue weighted by Crippen LogP contribution is 2.29.